The average Bonchev–Trinajstić information content (AvgIpc) is 1.60. The molecule has 8 aliphatic rings. The third kappa shape index (κ3) is 38.5. The van der Waals surface area contributed by atoms with E-state index in [9.17, 15) is 13.2 Å². The molecule has 1 spiro atoms. The van der Waals surface area contributed by atoms with E-state index in [4.69, 9.17) is 23.7 Å². The van der Waals surface area contributed by atoms with Crippen LogP contribution in [-0.4, -0.2) is 368 Å². The van der Waals surface area contributed by atoms with E-state index < -0.39 is 6.61 Å². The standard InChI is InChI=1S/C16H26FN3O.C16H25N3O.C16H27N3O.2C15H25N3O.C15H25N3.C14H21F2N3O/c1-16(2,3)20-7-5-6-19(8-9-20)12-13-10-14(17)15(21-4)18-11-13;1-13(2)18-8-9-19(16(12-18)6-7-16)11-14-4-5-15(20-3)17-10-14;1-12(2)18-9-13(3)19(14(4)10-18)11-15-6-7-16(20-5)17-8-15;1-12(2)18-8-7-17(10-13(18)3)11-14-5-6-15(19-4)16-9-14;1-13(2)18-8-4-7-17(9-10-18)12-14-5-6-15(19-3)16-11-14;1-15(2,3)18-10-6-9-17(11-12-18)13-14-7-4-5-8-16-14;1-11(2)19-7-5-18(6-8-19)10-12-3-4-13(17-9-12)20-14(15)16/h10-11H,5-9,12H2,1-4H3;4-5,10,13H,6-9,11-12H2,1-3H3;6-8,12-14H,9-11H2,1-5H3;5-6,9,12-13H,7-8,10-11H2,1-4H3;5-6,11,13H,4,7-10,12H2,1-3H3;4-5,7-8H,6,9-13H2,1-3H3;3-4,9,11,14H,5-8,10H2,1-2H3. The summed E-state index contributed by atoms with van der Waals surface area (Å²) in [5.41, 5.74) is 9.11. The summed E-state index contributed by atoms with van der Waals surface area (Å²) in [5.74, 6) is 2.38. The number of hydrogen-bond donors (Lipinski definition) is 0. The van der Waals surface area contributed by atoms with E-state index in [0.717, 1.165) is 168 Å². The van der Waals surface area contributed by atoms with Gasteiger partial charge in [0.15, 0.2) is 5.82 Å². The SMILES string of the molecule is CC(C)(C)N1CCCN(Cc2ccccn2)CC1.CC(C)N1CCN(Cc2ccc(OC(F)F)nc2)CC1.COc1ccc(CN2C(C)CN(C(C)C)CC2C)cn1.COc1ccc(CN2CCCN(C(C)C)CC2)cn1.COc1ccc(CN2CCN(C(C)C)C(C)C2)cn1.COc1ccc(CN2CCN(C(C)C)CC23CC3)cn1.COc1ncc(CN2CCCN(C(C)(C)C)CC2)cc1F. The normalized spacial score (nSPS) is 20.6. The number of pyridine rings is 7. The molecule has 0 bridgehead atoms. The summed E-state index contributed by atoms with van der Waals surface area (Å²) in [6, 6.07) is 32.1. The van der Waals surface area contributed by atoms with Crippen LogP contribution in [0.25, 0.3) is 0 Å². The fourth-order valence-electron chi connectivity index (χ4n) is 19.2. The Kier molecular flexibility index (Phi) is 46.6. The van der Waals surface area contributed by atoms with Gasteiger partial charge in [0.1, 0.15) is 0 Å². The number of nitrogens with zero attached hydrogens (tertiary/aromatic N) is 21. The summed E-state index contributed by atoms with van der Waals surface area (Å²) < 4.78 is 67.2. The van der Waals surface area contributed by atoms with E-state index >= 15 is 0 Å². The summed E-state index contributed by atoms with van der Waals surface area (Å²) in [7, 11) is 8.04. The second-order valence-electron chi connectivity index (χ2n) is 41.7. The molecule has 8 fully saturated rings. The van der Waals surface area contributed by atoms with Crippen molar-refractivity contribution in [2.24, 2.45) is 0 Å². The molecule has 3 atom stereocenters. The maximum atomic E-state index is 13.7. The van der Waals surface area contributed by atoms with Gasteiger partial charge in [-0.1, -0.05) is 36.4 Å². The van der Waals surface area contributed by atoms with Gasteiger partial charge in [-0.2, -0.15) is 8.78 Å². The summed E-state index contributed by atoms with van der Waals surface area (Å²) in [5, 5.41) is 0. The highest BCUT2D eigenvalue weighted by Crippen LogP contribution is 2.45. The van der Waals surface area contributed by atoms with Gasteiger partial charge in [-0.15, -0.1) is 0 Å². The first kappa shape index (κ1) is 113. The average molecular weight is 1910 g/mol. The maximum Gasteiger partial charge on any atom is 0.388 e. The molecule has 7 saturated heterocycles. The fourth-order valence-corrected chi connectivity index (χ4v) is 19.2. The number of aromatic nitrogens is 7. The molecule has 3 unspecified atom stereocenters. The molecule has 15 rings (SSSR count). The minimum absolute atomic E-state index is 0.0339. The molecule has 137 heavy (non-hydrogen) atoms. The fraction of sp³-hybridized carbons (Fsp3) is 0.673. The number of hydrogen-bond acceptors (Lipinski definition) is 27. The Morgan fingerprint density at radius 2 is 0.752 bits per heavy atom. The highest BCUT2D eigenvalue weighted by Gasteiger charge is 2.51. The maximum absolute atomic E-state index is 13.7. The predicted molar refractivity (Wildman–Crippen MR) is 547 cm³/mol. The minimum atomic E-state index is -2.82. The molecule has 1 saturated carbocycles. The number of rotatable bonds is 26. The lowest BCUT2D eigenvalue weighted by Gasteiger charge is -2.46. The number of piperazine rings is 4. The first-order valence-electron chi connectivity index (χ1n) is 50.7. The first-order chi connectivity index (χ1) is 65.4. The van der Waals surface area contributed by atoms with Crippen LogP contribution in [0.15, 0.2) is 128 Å². The topological polar surface area (TPSA) is 191 Å². The van der Waals surface area contributed by atoms with E-state index in [1.165, 1.54) is 125 Å². The Bertz CT molecular complexity index is 4340. The molecule has 0 radical (unpaired) electrons. The van der Waals surface area contributed by atoms with Crippen LogP contribution in [0.4, 0.5) is 13.2 Å². The van der Waals surface area contributed by atoms with Crippen molar-refractivity contribution in [1.82, 2.24) is 103 Å². The molecule has 7 aromatic heterocycles. The first-order valence-corrected chi connectivity index (χ1v) is 50.7. The van der Waals surface area contributed by atoms with E-state index in [2.05, 4.69) is 276 Å². The molecule has 0 N–H and O–H groups in total. The van der Waals surface area contributed by atoms with Crippen LogP contribution in [0.1, 0.15) is 203 Å². The Balaban J connectivity index is 0.000000179. The van der Waals surface area contributed by atoms with Crippen LogP contribution >= 0.6 is 0 Å². The quantitative estimate of drug-likeness (QED) is 0.0497. The van der Waals surface area contributed by atoms with Crippen molar-refractivity contribution in [1.29, 1.82) is 0 Å². The molecule has 14 heterocycles. The third-order valence-corrected chi connectivity index (χ3v) is 27.8. The molecule has 0 amide bonds. The van der Waals surface area contributed by atoms with Crippen molar-refractivity contribution in [2.75, 3.05) is 193 Å². The zero-order valence-electron chi connectivity index (χ0n) is 88.3. The van der Waals surface area contributed by atoms with Gasteiger partial charge in [-0.3, -0.25) is 73.6 Å². The largest absolute Gasteiger partial charge is 0.481 e. The highest BCUT2D eigenvalue weighted by atomic mass is 19.3. The number of alkyl halides is 2. The minimum Gasteiger partial charge on any atom is -0.481 e. The molecule has 30 heteroatoms. The van der Waals surface area contributed by atoms with Gasteiger partial charge in [0.25, 0.3) is 0 Å². The molecular formula is C107H174F3N21O6. The molecule has 27 nitrogen and oxygen atoms in total. The van der Waals surface area contributed by atoms with Gasteiger partial charge in [0, 0.05) is 302 Å². The van der Waals surface area contributed by atoms with Crippen LogP contribution in [0.5, 0.6) is 35.3 Å². The number of halogens is 3. The molecular weight excluding hydrogens is 1730 g/mol. The Morgan fingerprint density at radius 1 is 0.358 bits per heavy atom. The second-order valence-corrected chi connectivity index (χ2v) is 41.7. The molecule has 764 valence electrons. The lowest BCUT2D eigenvalue weighted by Crippen LogP contribution is -2.57. The third-order valence-electron chi connectivity index (χ3n) is 27.8. The van der Waals surface area contributed by atoms with Gasteiger partial charge >= 0.3 is 6.61 Å². The Labute approximate surface area is 822 Å². The highest BCUT2D eigenvalue weighted by molar-refractivity contribution is 5.24. The van der Waals surface area contributed by atoms with Crippen LogP contribution in [-0.2, 0) is 45.8 Å². The Hall–Kier alpha value is -7.92. The van der Waals surface area contributed by atoms with Gasteiger partial charge in [0.2, 0.25) is 35.3 Å². The van der Waals surface area contributed by atoms with E-state index in [1.807, 2.05) is 61.3 Å². The summed E-state index contributed by atoms with van der Waals surface area (Å²) in [6.07, 6.45) is 19.2. The smallest absolute Gasteiger partial charge is 0.388 e. The van der Waals surface area contributed by atoms with Gasteiger partial charge in [-0.25, -0.2) is 34.3 Å². The predicted octanol–water partition coefficient (Wildman–Crippen LogP) is 15.7. The van der Waals surface area contributed by atoms with E-state index in [0.29, 0.717) is 82.9 Å². The Morgan fingerprint density at radius 3 is 1.15 bits per heavy atom. The number of methoxy groups -OCH3 is 5. The van der Waals surface area contributed by atoms with Crippen molar-refractivity contribution in [3.8, 4) is 35.3 Å². The number of ether oxygens (including phenoxy) is 6. The van der Waals surface area contributed by atoms with E-state index in [1.54, 1.807) is 46.9 Å². The molecule has 7 aromatic rings. The van der Waals surface area contributed by atoms with Crippen molar-refractivity contribution in [2.45, 2.75) is 281 Å². The van der Waals surface area contributed by atoms with Crippen LogP contribution < -0.4 is 28.4 Å². The van der Waals surface area contributed by atoms with Gasteiger partial charge < -0.3 is 28.4 Å². The van der Waals surface area contributed by atoms with Gasteiger partial charge in [-0.05, 0) is 255 Å². The van der Waals surface area contributed by atoms with Crippen molar-refractivity contribution >= 4 is 0 Å². The van der Waals surface area contributed by atoms with Crippen LogP contribution in [0.3, 0.4) is 0 Å². The molecule has 1 aliphatic carbocycles. The molecule has 7 aliphatic heterocycles. The van der Waals surface area contributed by atoms with Crippen LogP contribution in [0, 0.1) is 5.82 Å². The zero-order valence-corrected chi connectivity index (χ0v) is 88.3. The van der Waals surface area contributed by atoms with Crippen LogP contribution in [0.2, 0.25) is 0 Å². The van der Waals surface area contributed by atoms with Crippen molar-refractivity contribution in [3.05, 3.63) is 173 Å². The lowest BCUT2D eigenvalue weighted by atomic mass is 10.1. The van der Waals surface area contributed by atoms with Gasteiger partial charge in [0.05, 0.1) is 41.2 Å². The summed E-state index contributed by atoms with van der Waals surface area (Å²) >= 11 is 0. The van der Waals surface area contributed by atoms with Crippen molar-refractivity contribution in [3.63, 3.8) is 0 Å². The molecule has 0 aromatic carbocycles. The van der Waals surface area contributed by atoms with Crippen molar-refractivity contribution < 1.29 is 41.6 Å². The summed E-state index contributed by atoms with van der Waals surface area (Å²) in [4.78, 5) is 64.8. The van der Waals surface area contributed by atoms with E-state index in [-0.39, 0.29) is 23.1 Å². The zero-order chi connectivity index (χ0) is 99.4. The summed E-state index contributed by atoms with van der Waals surface area (Å²) in [6.45, 7) is 74.1. The lowest BCUT2D eigenvalue weighted by molar-refractivity contribution is -0.0529. The monoisotopic (exact) mass is 1910 g/mol. The second kappa shape index (κ2) is 56.7.